The molecule has 3 N–H and O–H groups in total. The highest BCUT2D eigenvalue weighted by molar-refractivity contribution is 7.98. The van der Waals surface area contributed by atoms with Crippen LogP contribution in [0.25, 0.3) is 11.4 Å². The molecule has 1 heterocycles. The molecule has 0 spiro atoms. The third-order valence-corrected chi connectivity index (χ3v) is 6.33. The average Bonchev–Trinajstić information content (AvgIpc) is 2.93. The Kier molecular flexibility index (Phi) is 9.07. The molecule has 38 heavy (non-hydrogen) atoms. The number of carbonyl (C=O) groups excluding carboxylic acids is 2. The first-order valence-corrected chi connectivity index (χ1v) is 13.3. The summed E-state index contributed by atoms with van der Waals surface area (Å²) in [6.45, 7) is 1.45. The molecular weight excluding hydrogens is 496 g/mol. The van der Waals surface area contributed by atoms with Crippen LogP contribution in [-0.2, 0) is 0 Å². The number of benzene rings is 3. The summed E-state index contributed by atoms with van der Waals surface area (Å²) in [6.07, 6.45) is 1.98. The Morgan fingerprint density at radius 1 is 0.842 bits per heavy atom. The van der Waals surface area contributed by atoms with Gasteiger partial charge in [0.2, 0.25) is 0 Å². The number of anilines is 3. The number of nitrogens with zero attached hydrogens (tertiary/aromatic N) is 3. The zero-order valence-electron chi connectivity index (χ0n) is 21.6. The minimum absolute atomic E-state index is 0.189. The van der Waals surface area contributed by atoms with Gasteiger partial charge in [-0.1, -0.05) is 48.5 Å². The first-order valence-electron chi connectivity index (χ1n) is 12.1. The minimum atomic E-state index is -0.440. The standard InChI is InChI=1S/C29H30N6O2S/c1-35(2)17-16-30-26-19-25(32-27(34-26)20-10-5-4-6-11-20)29(37)33-24-15-8-7-14-23(24)28(36)31-21-12-9-13-22(18-21)38-3/h4-15,18-19H,16-17H2,1-3H3,(H,31,36)(H,33,37)(H,30,32,34). The second-order valence-corrected chi connectivity index (χ2v) is 9.62. The van der Waals surface area contributed by atoms with Crippen LogP contribution in [0.2, 0.25) is 0 Å². The highest BCUT2D eigenvalue weighted by Gasteiger charge is 2.17. The molecule has 0 fully saturated rings. The molecule has 4 rings (SSSR count). The number of para-hydroxylation sites is 1. The van der Waals surface area contributed by atoms with Crippen molar-refractivity contribution in [2.45, 2.75) is 4.90 Å². The monoisotopic (exact) mass is 526 g/mol. The maximum absolute atomic E-state index is 13.4. The van der Waals surface area contributed by atoms with Gasteiger partial charge in [-0.25, -0.2) is 9.97 Å². The Hall–Kier alpha value is -4.21. The number of amides is 2. The first kappa shape index (κ1) is 26.8. The van der Waals surface area contributed by atoms with E-state index in [1.165, 1.54) is 0 Å². The minimum Gasteiger partial charge on any atom is -0.369 e. The molecule has 0 aliphatic rings. The van der Waals surface area contributed by atoms with Crippen molar-refractivity contribution in [3.8, 4) is 11.4 Å². The van der Waals surface area contributed by atoms with Crippen LogP contribution < -0.4 is 16.0 Å². The van der Waals surface area contributed by atoms with Crippen LogP contribution in [0.15, 0.2) is 89.8 Å². The number of rotatable bonds is 10. The molecule has 0 aliphatic heterocycles. The largest absolute Gasteiger partial charge is 0.369 e. The normalized spacial score (nSPS) is 10.7. The van der Waals surface area contributed by atoms with Crippen molar-refractivity contribution in [2.24, 2.45) is 0 Å². The fourth-order valence-corrected chi connectivity index (χ4v) is 4.11. The lowest BCUT2D eigenvalue weighted by Crippen LogP contribution is -2.22. The average molecular weight is 527 g/mol. The van der Waals surface area contributed by atoms with Gasteiger partial charge in [-0.2, -0.15) is 0 Å². The summed E-state index contributed by atoms with van der Waals surface area (Å²) in [4.78, 5) is 38.7. The van der Waals surface area contributed by atoms with Gasteiger partial charge in [0.15, 0.2) is 5.82 Å². The number of nitrogens with one attached hydrogen (secondary N) is 3. The SMILES string of the molecule is CSc1cccc(NC(=O)c2ccccc2NC(=O)c2cc(NCCN(C)C)nc(-c3ccccc3)n2)c1. The molecule has 0 bridgehead atoms. The van der Waals surface area contributed by atoms with Gasteiger partial charge in [0.1, 0.15) is 11.5 Å². The van der Waals surface area contributed by atoms with Gasteiger partial charge in [0, 0.05) is 35.3 Å². The van der Waals surface area contributed by atoms with Gasteiger partial charge in [-0.05, 0) is 50.7 Å². The molecule has 8 nitrogen and oxygen atoms in total. The van der Waals surface area contributed by atoms with E-state index in [1.54, 1.807) is 42.1 Å². The van der Waals surface area contributed by atoms with E-state index >= 15 is 0 Å². The highest BCUT2D eigenvalue weighted by atomic mass is 32.2. The van der Waals surface area contributed by atoms with Crippen LogP contribution in [0.5, 0.6) is 0 Å². The Labute approximate surface area is 226 Å². The van der Waals surface area contributed by atoms with Crippen molar-refractivity contribution >= 4 is 40.8 Å². The molecule has 0 saturated heterocycles. The summed E-state index contributed by atoms with van der Waals surface area (Å²) in [7, 11) is 3.98. The zero-order valence-corrected chi connectivity index (χ0v) is 22.4. The third-order valence-electron chi connectivity index (χ3n) is 5.60. The second-order valence-electron chi connectivity index (χ2n) is 8.74. The van der Waals surface area contributed by atoms with Gasteiger partial charge in [-0.3, -0.25) is 9.59 Å². The van der Waals surface area contributed by atoms with E-state index in [1.807, 2.05) is 74.9 Å². The molecule has 0 atom stereocenters. The van der Waals surface area contributed by atoms with E-state index in [4.69, 9.17) is 0 Å². The molecule has 0 saturated carbocycles. The van der Waals surface area contributed by atoms with Crippen molar-refractivity contribution in [3.05, 3.63) is 96.2 Å². The van der Waals surface area contributed by atoms with Crippen LogP contribution in [0.3, 0.4) is 0 Å². The van der Waals surface area contributed by atoms with Crippen molar-refractivity contribution in [1.82, 2.24) is 14.9 Å². The predicted octanol–water partition coefficient (Wildman–Crippen LogP) is 5.34. The van der Waals surface area contributed by atoms with Crippen molar-refractivity contribution in [3.63, 3.8) is 0 Å². The lowest BCUT2D eigenvalue weighted by molar-refractivity contribution is 0.102. The van der Waals surface area contributed by atoms with Gasteiger partial charge in [0.05, 0.1) is 11.3 Å². The maximum Gasteiger partial charge on any atom is 0.274 e. The smallest absolute Gasteiger partial charge is 0.274 e. The molecule has 0 radical (unpaired) electrons. The van der Waals surface area contributed by atoms with Gasteiger partial charge < -0.3 is 20.9 Å². The van der Waals surface area contributed by atoms with E-state index in [0.29, 0.717) is 35.1 Å². The van der Waals surface area contributed by atoms with Crippen LogP contribution in [0, 0.1) is 0 Å². The molecular formula is C29H30N6O2S. The predicted molar refractivity (Wildman–Crippen MR) is 155 cm³/mol. The van der Waals surface area contributed by atoms with Crippen LogP contribution in [0.1, 0.15) is 20.8 Å². The molecule has 1 aromatic heterocycles. The number of hydrogen-bond donors (Lipinski definition) is 3. The topological polar surface area (TPSA) is 99.2 Å². The van der Waals surface area contributed by atoms with Gasteiger partial charge in [-0.15, -0.1) is 11.8 Å². The Morgan fingerprint density at radius 2 is 1.61 bits per heavy atom. The van der Waals surface area contributed by atoms with E-state index in [-0.39, 0.29) is 11.6 Å². The van der Waals surface area contributed by atoms with Gasteiger partial charge >= 0.3 is 0 Å². The molecule has 3 aromatic carbocycles. The lowest BCUT2D eigenvalue weighted by atomic mass is 10.1. The number of likely N-dealkylation sites (N-methyl/N-ethyl adjacent to an activating group) is 1. The Balaban J connectivity index is 1.58. The fraction of sp³-hybridized carbons (Fsp3) is 0.172. The molecule has 4 aromatic rings. The Morgan fingerprint density at radius 3 is 2.37 bits per heavy atom. The molecule has 2 amide bonds. The third kappa shape index (κ3) is 7.18. The fourth-order valence-electron chi connectivity index (χ4n) is 3.65. The number of thioether (sulfide) groups is 1. The number of carbonyl (C=O) groups is 2. The van der Waals surface area contributed by atoms with E-state index < -0.39 is 5.91 Å². The van der Waals surface area contributed by atoms with Crippen molar-refractivity contribution in [1.29, 1.82) is 0 Å². The van der Waals surface area contributed by atoms with Crippen LogP contribution in [-0.4, -0.2) is 60.1 Å². The van der Waals surface area contributed by atoms with E-state index in [2.05, 4.69) is 30.8 Å². The van der Waals surface area contributed by atoms with Crippen molar-refractivity contribution in [2.75, 3.05) is 49.4 Å². The summed E-state index contributed by atoms with van der Waals surface area (Å²) in [5, 5.41) is 9.05. The molecule has 194 valence electrons. The van der Waals surface area contributed by atoms with E-state index in [9.17, 15) is 9.59 Å². The highest BCUT2D eigenvalue weighted by Crippen LogP contribution is 2.23. The summed E-state index contributed by atoms with van der Waals surface area (Å²) in [6, 6.07) is 25.6. The number of hydrogen-bond acceptors (Lipinski definition) is 7. The quantitative estimate of drug-likeness (QED) is 0.240. The Bertz CT molecular complexity index is 1410. The molecule has 9 heteroatoms. The van der Waals surface area contributed by atoms with E-state index in [0.717, 1.165) is 17.0 Å². The summed E-state index contributed by atoms with van der Waals surface area (Å²) in [5.41, 5.74) is 2.40. The lowest BCUT2D eigenvalue weighted by Gasteiger charge is -2.14. The van der Waals surface area contributed by atoms with Gasteiger partial charge in [0.25, 0.3) is 11.8 Å². The second kappa shape index (κ2) is 12.8. The van der Waals surface area contributed by atoms with Crippen LogP contribution in [0.4, 0.5) is 17.2 Å². The summed E-state index contributed by atoms with van der Waals surface area (Å²) >= 11 is 1.59. The molecule has 0 unspecified atom stereocenters. The van der Waals surface area contributed by atoms with Crippen LogP contribution >= 0.6 is 11.8 Å². The first-order chi connectivity index (χ1) is 18.4. The molecule has 0 aliphatic carbocycles. The summed E-state index contributed by atoms with van der Waals surface area (Å²) < 4.78 is 0. The number of aromatic nitrogens is 2. The summed E-state index contributed by atoms with van der Waals surface area (Å²) in [5.74, 6) is 0.221. The van der Waals surface area contributed by atoms with Crippen molar-refractivity contribution < 1.29 is 9.59 Å². The maximum atomic E-state index is 13.4. The zero-order chi connectivity index (χ0) is 26.9.